The Morgan fingerprint density at radius 3 is 2.63 bits per heavy atom. The standard InChI is InChI=1S/C18H20O/c19-18(16-7-2-1-3-8-16)13-14-10-11-15-6-4-5-9-17(15)12-14/h4-7,9-12,18-19H,1-3,8,13H2. The second-order valence-electron chi connectivity index (χ2n) is 5.43. The van der Waals surface area contributed by atoms with Crippen LogP contribution in [0.25, 0.3) is 10.8 Å². The van der Waals surface area contributed by atoms with E-state index in [1.165, 1.54) is 34.8 Å². The second-order valence-corrected chi connectivity index (χ2v) is 5.43. The van der Waals surface area contributed by atoms with Crippen LogP contribution in [0.15, 0.2) is 54.1 Å². The molecule has 0 saturated carbocycles. The molecule has 3 rings (SSSR count). The number of hydrogen-bond acceptors (Lipinski definition) is 1. The summed E-state index contributed by atoms with van der Waals surface area (Å²) in [5.74, 6) is 0. The molecular weight excluding hydrogens is 232 g/mol. The third-order valence-corrected chi connectivity index (χ3v) is 4.00. The van der Waals surface area contributed by atoms with Crippen molar-refractivity contribution < 1.29 is 5.11 Å². The monoisotopic (exact) mass is 252 g/mol. The van der Waals surface area contributed by atoms with E-state index in [0.29, 0.717) is 0 Å². The maximum atomic E-state index is 10.3. The van der Waals surface area contributed by atoms with E-state index >= 15 is 0 Å². The molecule has 19 heavy (non-hydrogen) atoms. The largest absolute Gasteiger partial charge is 0.388 e. The van der Waals surface area contributed by atoms with Gasteiger partial charge in [-0.15, -0.1) is 0 Å². The Kier molecular flexibility index (Phi) is 3.65. The topological polar surface area (TPSA) is 20.2 Å². The highest BCUT2D eigenvalue weighted by Gasteiger charge is 2.13. The zero-order valence-corrected chi connectivity index (χ0v) is 11.2. The molecule has 1 atom stereocenters. The summed E-state index contributed by atoms with van der Waals surface area (Å²) in [4.78, 5) is 0. The zero-order chi connectivity index (χ0) is 13.1. The molecular formula is C18H20O. The number of benzene rings is 2. The van der Waals surface area contributed by atoms with E-state index in [-0.39, 0.29) is 6.10 Å². The average molecular weight is 252 g/mol. The van der Waals surface area contributed by atoms with Crippen LogP contribution in [-0.2, 0) is 6.42 Å². The van der Waals surface area contributed by atoms with Gasteiger partial charge in [-0.1, -0.05) is 48.5 Å². The molecule has 0 aromatic heterocycles. The number of allylic oxidation sites excluding steroid dienone is 1. The lowest BCUT2D eigenvalue weighted by atomic mass is 9.91. The third kappa shape index (κ3) is 2.87. The molecule has 1 nitrogen and oxygen atoms in total. The van der Waals surface area contributed by atoms with Crippen LogP contribution < -0.4 is 0 Å². The Bertz CT molecular complexity index is 597. The predicted molar refractivity (Wildman–Crippen MR) is 80.2 cm³/mol. The van der Waals surface area contributed by atoms with Crippen LogP contribution in [0.3, 0.4) is 0 Å². The molecule has 0 fully saturated rings. The minimum absolute atomic E-state index is 0.304. The van der Waals surface area contributed by atoms with Crippen LogP contribution in [0.5, 0.6) is 0 Å². The lowest BCUT2D eigenvalue weighted by molar-refractivity contribution is 0.204. The summed E-state index contributed by atoms with van der Waals surface area (Å²) < 4.78 is 0. The Labute approximate surface area is 114 Å². The molecule has 0 amide bonds. The van der Waals surface area contributed by atoms with Crippen LogP contribution in [0.2, 0.25) is 0 Å². The highest BCUT2D eigenvalue weighted by molar-refractivity contribution is 5.83. The van der Waals surface area contributed by atoms with Crippen molar-refractivity contribution in [3.05, 3.63) is 59.7 Å². The van der Waals surface area contributed by atoms with Gasteiger partial charge < -0.3 is 5.11 Å². The van der Waals surface area contributed by atoms with Crippen molar-refractivity contribution in [3.63, 3.8) is 0 Å². The molecule has 0 spiro atoms. The maximum Gasteiger partial charge on any atom is 0.0790 e. The van der Waals surface area contributed by atoms with E-state index in [2.05, 4.69) is 48.5 Å². The van der Waals surface area contributed by atoms with E-state index < -0.39 is 0 Å². The van der Waals surface area contributed by atoms with Crippen molar-refractivity contribution in [1.29, 1.82) is 0 Å². The molecule has 0 saturated heterocycles. The van der Waals surface area contributed by atoms with Gasteiger partial charge in [0, 0.05) is 6.42 Å². The fourth-order valence-electron chi connectivity index (χ4n) is 2.89. The van der Waals surface area contributed by atoms with Gasteiger partial charge in [-0.3, -0.25) is 0 Å². The minimum Gasteiger partial charge on any atom is -0.388 e. The SMILES string of the molecule is OC(Cc1ccc2ccccc2c1)C1=CCCCC1. The van der Waals surface area contributed by atoms with Crippen LogP contribution in [0, 0.1) is 0 Å². The quantitative estimate of drug-likeness (QED) is 0.810. The van der Waals surface area contributed by atoms with Crippen molar-refractivity contribution in [3.8, 4) is 0 Å². The van der Waals surface area contributed by atoms with Gasteiger partial charge in [0.05, 0.1) is 6.10 Å². The number of aliphatic hydroxyl groups excluding tert-OH is 1. The molecule has 0 bridgehead atoms. The summed E-state index contributed by atoms with van der Waals surface area (Å²) in [7, 11) is 0. The molecule has 0 radical (unpaired) electrons. The van der Waals surface area contributed by atoms with Gasteiger partial charge in [-0.2, -0.15) is 0 Å². The molecule has 1 unspecified atom stereocenters. The van der Waals surface area contributed by atoms with Gasteiger partial charge in [0.25, 0.3) is 0 Å². The normalized spacial score (nSPS) is 17.2. The Morgan fingerprint density at radius 2 is 1.84 bits per heavy atom. The minimum atomic E-state index is -0.304. The highest BCUT2D eigenvalue weighted by atomic mass is 16.3. The smallest absolute Gasteiger partial charge is 0.0790 e. The summed E-state index contributed by atoms with van der Waals surface area (Å²) in [5.41, 5.74) is 2.46. The zero-order valence-electron chi connectivity index (χ0n) is 11.2. The number of fused-ring (bicyclic) bond motifs is 1. The molecule has 0 aliphatic heterocycles. The molecule has 1 aliphatic rings. The van der Waals surface area contributed by atoms with E-state index in [1.807, 2.05) is 0 Å². The summed E-state index contributed by atoms with van der Waals surface area (Å²) in [6.07, 6.45) is 7.35. The van der Waals surface area contributed by atoms with Crippen LogP contribution >= 0.6 is 0 Å². The van der Waals surface area contributed by atoms with Crippen LogP contribution in [0.1, 0.15) is 31.2 Å². The molecule has 1 heteroatoms. The molecule has 2 aromatic carbocycles. The first-order valence-electron chi connectivity index (χ1n) is 7.17. The van der Waals surface area contributed by atoms with Crippen molar-refractivity contribution in [2.24, 2.45) is 0 Å². The van der Waals surface area contributed by atoms with Crippen molar-refractivity contribution in [2.75, 3.05) is 0 Å². The van der Waals surface area contributed by atoms with E-state index in [1.54, 1.807) is 0 Å². The Balaban J connectivity index is 1.79. The lowest BCUT2D eigenvalue weighted by Crippen LogP contribution is -2.15. The van der Waals surface area contributed by atoms with Crippen LogP contribution in [0.4, 0.5) is 0 Å². The second kappa shape index (κ2) is 5.58. The molecule has 0 heterocycles. The first-order chi connectivity index (χ1) is 9.33. The van der Waals surface area contributed by atoms with Gasteiger partial charge in [0.1, 0.15) is 0 Å². The fourth-order valence-corrected chi connectivity index (χ4v) is 2.89. The maximum absolute atomic E-state index is 10.3. The van der Waals surface area contributed by atoms with Gasteiger partial charge in [-0.25, -0.2) is 0 Å². The Hall–Kier alpha value is -1.60. The summed E-state index contributed by atoms with van der Waals surface area (Å²) >= 11 is 0. The molecule has 1 aliphatic carbocycles. The fraction of sp³-hybridized carbons (Fsp3) is 0.333. The van der Waals surface area contributed by atoms with Gasteiger partial charge in [-0.05, 0) is 47.6 Å². The number of rotatable bonds is 3. The van der Waals surface area contributed by atoms with Gasteiger partial charge in [0.2, 0.25) is 0 Å². The lowest BCUT2D eigenvalue weighted by Gasteiger charge is -2.18. The van der Waals surface area contributed by atoms with Crippen molar-refractivity contribution in [1.82, 2.24) is 0 Å². The highest BCUT2D eigenvalue weighted by Crippen LogP contribution is 2.23. The summed E-state index contributed by atoms with van der Waals surface area (Å²) in [5, 5.41) is 12.8. The van der Waals surface area contributed by atoms with Crippen molar-refractivity contribution in [2.45, 2.75) is 38.2 Å². The predicted octanol–water partition coefficient (Wildman–Crippen LogP) is 4.24. The molecule has 98 valence electrons. The van der Waals surface area contributed by atoms with Gasteiger partial charge >= 0.3 is 0 Å². The van der Waals surface area contributed by atoms with E-state index in [4.69, 9.17) is 0 Å². The average Bonchev–Trinajstić information content (AvgIpc) is 2.48. The Morgan fingerprint density at radius 1 is 1.00 bits per heavy atom. The van der Waals surface area contributed by atoms with E-state index in [0.717, 1.165) is 19.3 Å². The van der Waals surface area contributed by atoms with E-state index in [9.17, 15) is 5.11 Å². The van der Waals surface area contributed by atoms with Crippen molar-refractivity contribution >= 4 is 10.8 Å². The first-order valence-corrected chi connectivity index (χ1v) is 7.17. The van der Waals surface area contributed by atoms with Gasteiger partial charge in [0.15, 0.2) is 0 Å². The molecule has 1 N–H and O–H groups in total. The summed E-state index contributed by atoms with van der Waals surface area (Å²) in [6, 6.07) is 14.9. The van der Waals surface area contributed by atoms with Crippen LogP contribution in [-0.4, -0.2) is 11.2 Å². The third-order valence-electron chi connectivity index (χ3n) is 4.00. The molecule has 2 aromatic rings. The number of hydrogen-bond donors (Lipinski definition) is 1. The summed E-state index contributed by atoms with van der Waals surface area (Å²) in [6.45, 7) is 0. The number of aliphatic hydroxyl groups is 1. The first kappa shape index (κ1) is 12.4.